The summed E-state index contributed by atoms with van der Waals surface area (Å²) in [5.41, 5.74) is 9.05. The van der Waals surface area contributed by atoms with E-state index in [9.17, 15) is 0 Å². The molecule has 0 atom stereocenters. The number of halogens is 1. The second-order valence-electron chi connectivity index (χ2n) is 4.25. The minimum atomic E-state index is 0.772. The van der Waals surface area contributed by atoms with Crippen LogP contribution in [-0.4, -0.2) is 16.8 Å². The Labute approximate surface area is 120 Å². The van der Waals surface area contributed by atoms with E-state index in [0.717, 1.165) is 34.1 Å². The molecule has 0 bridgehead atoms. The van der Waals surface area contributed by atoms with Gasteiger partial charge >= 0.3 is 0 Å². The summed E-state index contributed by atoms with van der Waals surface area (Å²) in [4.78, 5) is 2.15. The summed E-state index contributed by atoms with van der Waals surface area (Å²) in [7, 11) is 2.05. The molecule has 0 saturated heterocycles. The number of aromatic nitrogens is 2. The molecule has 2 aromatic rings. The Morgan fingerprint density at radius 2 is 2.28 bits per heavy atom. The normalized spacial score (nSPS) is 10.9. The summed E-state index contributed by atoms with van der Waals surface area (Å²) in [5, 5.41) is 6.59. The van der Waals surface area contributed by atoms with Gasteiger partial charge in [-0.05, 0) is 46.8 Å². The van der Waals surface area contributed by atoms with Crippen LogP contribution >= 0.6 is 27.3 Å². The second-order valence-corrected chi connectivity index (χ2v) is 6.54. The maximum atomic E-state index is 6.11. The van der Waals surface area contributed by atoms with Crippen LogP contribution in [0.15, 0.2) is 15.2 Å². The summed E-state index contributed by atoms with van der Waals surface area (Å²) >= 11 is 5.18. The molecule has 0 radical (unpaired) electrons. The molecule has 0 aliphatic rings. The zero-order valence-corrected chi connectivity index (χ0v) is 13.2. The fourth-order valence-electron chi connectivity index (χ4n) is 1.98. The molecule has 0 aromatic carbocycles. The summed E-state index contributed by atoms with van der Waals surface area (Å²) in [5.74, 6) is 0.998. The number of nitrogens with zero attached hydrogens (tertiary/aromatic N) is 3. The Bertz CT molecular complexity index is 546. The van der Waals surface area contributed by atoms with Crippen molar-refractivity contribution in [1.29, 1.82) is 0 Å². The SMILES string of the molecule is CCn1nc(C)c(N)c1N(C)Cc1csc(Br)c1. The minimum Gasteiger partial charge on any atom is -0.394 e. The average molecular weight is 329 g/mol. The van der Waals surface area contributed by atoms with Crippen molar-refractivity contribution < 1.29 is 0 Å². The van der Waals surface area contributed by atoms with Gasteiger partial charge < -0.3 is 10.6 Å². The van der Waals surface area contributed by atoms with Crippen molar-refractivity contribution in [3.05, 3.63) is 26.5 Å². The van der Waals surface area contributed by atoms with Gasteiger partial charge in [0, 0.05) is 20.1 Å². The molecule has 0 aliphatic heterocycles. The maximum Gasteiger partial charge on any atom is 0.150 e. The van der Waals surface area contributed by atoms with Crippen LogP contribution in [0.2, 0.25) is 0 Å². The van der Waals surface area contributed by atoms with Crippen LogP contribution < -0.4 is 10.6 Å². The Balaban J connectivity index is 2.25. The van der Waals surface area contributed by atoms with E-state index in [1.807, 2.05) is 18.7 Å². The number of anilines is 2. The summed E-state index contributed by atoms with van der Waals surface area (Å²) in [6.45, 7) is 5.67. The molecule has 2 N–H and O–H groups in total. The fraction of sp³-hybridized carbons (Fsp3) is 0.417. The quantitative estimate of drug-likeness (QED) is 0.937. The van der Waals surface area contributed by atoms with Gasteiger partial charge in [-0.3, -0.25) is 0 Å². The topological polar surface area (TPSA) is 47.1 Å². The molecule has 0 spiro atoms. The first-order chi connectivity index (χ1) is 8.52. The third-order valence-corrected chi connectivity index (χ3v) is 4.40. The highest BCUT2D eigenvalue weighted by Crippen LogP contribution is 2.28. The van der Waals surface area contributed by atoms with Crippen LogP contribution in [0.25, 0.3) is 0 Å². The smallest absolute Gasteiger partial charge is 0.150 e. The molecule has 0 unspecified atom stereocenters. The van der Waals surface area contributed by atoms with Gasteiger partial charge in [0.1, 0.15) is 0 Å². The van der Waals surface area contributed by atoms with Crippen molar-refractivity contribution in [1.82, 2.24) is 9.78 Å². The van der Waals surface area contributed by atoms with E-state index in [1.165, 1.54) is 5.56 Å². The number of hydrogen-bond donors (Lipinski definition) is 1. The number of thiophene rings is 1. The zero-order chi connectivity index (χ0) is 13.3. The maximum absolute atomic E-state index is 6.11. The first-order valence-electron chi connectivity index (χ1n) is 5.79. The van der Waals surface area contributed by atoms with E-state index in [1.54, 1.807) is 11.3 Å². The molecular formula is C12H17BrN4S. The summed E-state index contributed by atoms with van der Waals surface area (Å²) in [6, 6.07) is 2.14. The van der Waals surface area contributed by atoms with Gasteiger partial charge in [0.25, 0.3) is 0 Å². The lowest BCUT2D eigenvalue weighted by Crippen LogP contribution is -2.21. The molecule has 0 aliphatic carbocycles. The molecule has 4 nitrogen and oxygen atoms in total. The third-order valence-electron chi connectivity index (χ3n) is 2.85. The van der Waals surface area contributed by atoms with Crippen LogP contribution in [0.3, 0.4) is 0 Å². The van der Waals surface area contributed by atoms with Gasteiger partial charge in [0.2, 0.25) is 0 Å². The van der Waals surface area contributed by atoms with E-state index in [0.29, 0.717) is 0 Å². The first-order valence-corrected chi connectivity index (χ1v) is 7.47. The van der Waals surface area contributed by atoms with Gasteiger partial charge in [-0.2, -0.15) is 5.10 Å². The van der Waals surface area contributed by atoms with Gasteiger partial charge in [-0.15, -0.1) is 11.3 Å². The number of nitrogen functional groups attached to an aromatic ring is 1. The predicted molar refractivity (Wildman–Crippen MR) is 81.2 cm³/mol. The highest BCUT2D eigenvalue weighted by atomic mass is 79.9. The Morgan fingerprint density at radius 3 is 2.83 bits per heavy atom. The molecule has 98 valence electrons. The van der Waals surface area contributed by atoms with Crippen molar-refractivity contribution in [3.8, 4) is 0 Å². The van der Waals surface area contributed by atoms with E-state index >= 15 is 0 Å². The number of aryl methyl sites for hydroxylation is 2. The van der Waals surface area contributed by atoms with Gasteiger partial charge in [-0.25, -0.2) is 4.68 Å². The van der Waals surface area contributed by atoms with E-state index in [4.69, 9.17) is 5.73 Å². The van der Waals surface area contributed by atoms with Gasteiger partial charge in [-0.1, -0.05) is 0 Å². The molecule has 0 fully saturated rings. The molecular weight excluding hydrogens is 312 g/mol. The lowest BCUT2D eigenvalue weighted by atomic mass is 10.3. The molecule has 2 rings (SSSR count). The molecule has 2 heterocycles. The molecule has 18 heavy (non-hydrogen) atoms. The van der Waals surface area contributed by atoms with E-state index in [2.05, 4.69) is 44.3 Å². The molecule has 6 heteroatoms. The van der Waals surface area contributed by atoms with Crippen LogP contribution in [0.4, 0.5) is 11.5 Å². The highest BCUT2D eigenvalue weighted by Gasteiger charge is 2.16. The van der Waals surface area contributed by atoms with Crippen molar-refractivity contribution in [2.75, 3.05) is 17.7 Å². The van der Waals surface area contributed by atoms with Crippen molar-refractivity contribution >= 4 is 38.8 Å². The van der Waals surface area contributed by atoms with E-state index < -0.39 is 0 Å². The Hall–Kier alpha value is -1.01. The van der Waals surface area contributed by atoms with Crippen LogP contribution in [0.5, 0.6) is 0 Å². The van der Waals surface area contributed by atoms with E-state index in [-0.39, 0.29) is 0 Å². The lowest BCUT2D eigenvalue weighted by Gasteiger charge is -2.20. The van der Waals surface area contributed by atoms with Gasteiger partial charge in [0.05, 0.1) is 15.2 Å². The number of rotatable bonds is 4. The van der Waals surface area contributed by atoms with Crippen LogP contribution in [0, 0.1) is 6.92 Å². The summed E-state index contributed by atoms with van der Waals surface area (Å²) < 4.78 is 3.10. The van der Waals surface area contributed by atoms with Crippen molar-refractivity contribution in [2.45, 2.75) is 26.9 Å². The number of nitrogens with two attached hydrogens (primary N) is 1. The highest BCUT2D eigenvalue weighted by molar-refractivity contribution is 9.11. The molecule has 2 aromatic heterocycles. The monoisotopic (exact) mass is 328 g/mol. The molecule has 0 saturated carbocycles. The van der Waals surface area contributed by atoms with Crippen LogP contribution in [0.1, 0.15) is 18.2 Å². The van der Waals surface area contributed by atoms with Crippen molar-refractivity contribution in [2.24, 2.45) is 0 Å². The zero-order valence-electron chi connectivity index (χ0n) is 10.8. The minimum absolute atomic E-state index is 0.772. The van der Waals surface area contributed by atoms with Gasteiger partial charge in [0.15, 0.2) is 5.82 Å². The first kappa shape index (κ1) is 13.4. The third kappa shape index (κ3) is 2.54. The summed E-state index contributed by atoms with van der Waals surface area (Å²) in [6.07, 6.45) is 0. The Morgan fingerprint density at radius 1 is 1.56 bits per heavy atom. The standard InChI is InChI=1S/C12H17BrN4S/c1-4-17-12(11(14)8(2)15-17)16(3)6-9-5-10(13)18-7-9/h5,7H,4,6,14H2,1-3H3. The number of hydrogen-bond acceptors (Lipinski definition) is 4. The lowest BCUT2D eigenvalue weighted by molar-refractivity contribution is 0.640. The fourth-order valence-corrected chi connectivity index (χ4v) is 3.18. The van der Waals surface area contributed by atoms with Crippen molar-refractivity contribution in [3.63, 3.8) is 0 Å². The Kier molecular flexibility index (Phi) is 3.97. The predicted octanol–water partition coefficient (Wildman–Crippen LogP) is 3.25. The average Bonchev–Trinajstić information content (AvgIpc) is 2.84. The molecule has 0 amide bonds. The van der Waals surface area contributed by atoms with Crippen LogP contribution in [-0.2, 0) is 13.1 Å². The second kappa shape index (κ2) is 5.32. The largest absolute Gasteiger partial charge is 0.394 e.